The quantitative estimate of drug-likeness (QED) is 0.478. The fourth-order valence-corrected chi connectivity index (χ4v) is 2.26. The summed E-state index contributed by atoms with van der Waals surface area (Å²) in [4.78, 5) is 27.9. The number of carbonyl (C=O) groups is 1. The van der Waals surface area contributed by atoms with Gasteiger partial charge in [-0.05, 0) is 29.8 Å². The highest BCUT2D eigenvalue weighted by Gasteiger charge is 2.31. The molecule has 0 atom stereocenters. The molecule has 2 aromatic rings. The second kappa shape index (κ2) is 6.91. The minimum Gasteiger partial charge on any atom is -0.471 e. The molecular formula is C17H15N3O4. The molecule has 0 saturated carbocycles. The molecule has 1 aromatic carbocycles. The van der Waals surface area contributed by atoms with Gasteiger partial charge in [0.2, 0.25) is 11.8 Å². The summed E-state index contributed by atoms with van der Waals surface area (Å²) < 4.78 is 5.64. The summed E-state index contributed by atoms with van der Waals surface area (Å²) >= 11 is 0. The minimum absolute atomic E-state index is 0.0238. The van der Waals surface area contributed by atoms with E-state index in [1.165, 1.54) is 18.2 Å². The third kappa shape index (κ3) is 3.75. The van der Waals surface area contributed by atoms with Crippen LogP contribution in [0.1, 0.15) is 5.56 Å². The van der Waals surface area contributed by atoms with E-state index in [9.17, 15) is 14.9 Å². The van der Waals surface area contributed by atoms with Crippen molar-refractivity contribution in [3.63, 3.8) is 0 Å². The number of nitrogens with zero attached hydrogens (tertiary/aromatic N) is 3. The number of hydrogen-bond donors (Lipinski definition) is 0. The monoisotopic (exact) mass is 325 g/mol. The number of amides is 1. The number of non-ortho nitro benzene ring substituents is 1. The van der Waals surface area contributed by atoms with E-state index in [2.05, 4.69) is 4.98 Å². The summed E-state index contributed by atoms with van der Waals surface area (Å²) in [6.45, 7) is 1.03. The molecule has 7 heteroatoms. The van der Waals surface area contributed by atoms with Gasteiger partial charge in [0.15, 0.2) is 0 Å². The van der Waals surface area contributed by atoms with Gasteiger partial charge in [0.05, 0.1) is 18.0 Å². The van der Waals surface area contributed by atoms with E-state index >= 15 is 0 Å². The highest BCUT2D eigenvalue weighted by Crippen LogP contribution is 2.17. The lowest BCUT2D eigenvalue weighted by molar-refractivity contribution is -0.384. The van der Waals surface area contributed by atoms with Crippen LogP contribution in [0, 0.1) is 10.1 Å². The Balaban J connectivity index is 1.49. The summed E-state index contributed by atoms with van der Waals surface area (Å²) in [6, 6.07) is 11.5. The molecule has 0 radical (unpaired) electrons. The number of ether oxygens (including phenoxy) is 1. The standard InChI is InChI=1S/C17H15N3O4/c21-17(9-6-13-4-7-14(8-5-13)20(22)23)19-11-15(12-19)24-16-3-1-2-10-18-16/h1-10,15H,11-12H2/b9-6+. The van der Waals surface area contributed by atoms with Gasteiger partial charge in [0.1, 0.15) is 6.10 Å². The number of carbonyl (C=O) groups excluding carboxylic acids is 1. The first-order valence-corrected chi connectivity index (χ1v) is 7.41. The Morgan fingerprint density at radius 3 is 2.62 bits per heavy atom. The predicted octanol–water partition coefficient (Wildman–Crippen LogP) is 2.29. The molecule has 1 amide bonds. The van der Waals surface area contributed by atoms with Crippen molar-refractivity contribution < 1.29 is 14.5 Å². The molecule has 122 valence electrons. The molecule has 1 fully saturated rings. The van der Waals surface area contributed by atoms with Crippen LogP contribution in [0.5, 0.6) is 5.88 Å². The zero-order chi connectivity index (χ0) is 16.9. The Bertz CT molecular complexity index is 753. The molecular weight excluding hydrogens is 310 g/mol. The van der Waals surface area contributed by atoms with Crippen LogP contribution in [0.15, 0.2) is 54.7 Å². The van der Waals surface area contributed by atoms with E-state index in [1.54, 1.807) is 35.4 Å². The van der Waals surface area contributed by atoms with Crippen LogP contribution in [-0.2, 0) is 4.79 Å². The summed E-state index contributed by atoms with van der Waals surface area (Å²) in [7, 11) is 0. The molecule has 0 aliphatic carbocycles. The van der Waals surface area contributed by atoms with E-state index in [0.29, 0.717) is 19.0 Å². The number of rotatable bonds is 5. The Labute approximate surface area is 138 Å². The van der Waals surface area contributed by atoms with Crippen LogP contribution in [0.3, 0.4) is 0 Å². The lowest BCUT2D eigenvalue weighted by Gasteiger charge is -2.38. The number of likely N-dealkylation sites (tertiary alicyclic amines) is 1. The van der Waals surface area contributed by atoms with Crippen molar-refractivity contribution in [2.75, 3.05) is 13.1 Å². The fourth-order valence-electron chi connectivity index (χ4n) is 2.26. The van der Waals surface area contributed by atoms with Gasteiger partial charge in [-0.2, -0.15) is 0 Å². The van der Waals surface area contributed by atoms with Gasteiger partial charge in [-0.3, -0.25) is 14.9 Å². The first-order valence-electron chi connectivity index (χ1n) is 7.41. The van der Waals surface area contributed by atoms with E-state index in [1.807, 2.05) is 12.1 Å². The molecule has 7 nitrogen and oxygen atoms in total. The predicted molar refractivity (Wildman–Crippen MR) is 87.4 cm³/mol. The van der Waals surface area contributed by atoms with E-state index in [4.69, 9.17) is 4.74 Å². The van der Waals surface area contributed by atoms with Crippen molar-refractivity contribution >= 4 is 17.7 Å². The van der Waals surface area contributed by atoms with Gasteiger partial charge in [0, 0.05) is 30.5 Å². The third-order valence-electron chi connectivity index (χ3n) is 3.61. The Kier molecular flexibility index (Phi) is 4.51. The maximum absolute atomic E-state index is 12.0. The lowest BCUT2D eigenvalue weighted by atomic mass is 10.1. The van der Waals surface area contributed by atoms with Gasteiger partial charge >= 0.3 is 0 Å². The van der Waals surface area contributed by atoms with Crippen LogP contribution in [0.4, 0.5) is 5.69 Å². The van der Waals surface area contributed by atoms with E-state index in [0.717, 1.165) is 5.56 Å². The lowest BCUT2D eigenvalue weighted by Crippen LogP contribution is -2.55. The van der Waals surface area contributed by atoms with Crippen molar-refractivity contribution in [2.45, 2.75) is 6.10 Å². The van der Waals surface area contributed by atoms with E-state index in [-0.39, 0.29) is 17.7 Å². The first-order chi connectivity index (χ1) is 11.6. The number of nitro groups is 1. The van der Waals surface area contributed by atoms with Gasteiger partial charge < -0.3 is 9.64 Å². The smallest absolute Gasteiger partial charge is 0.269 e. The molecule has 0 unspecified atom stereocenters. The third-order valence-corrected chi connectivity index (χ3v) is 3.61. The molecule has 0 spiro atoms. The Morgan fingerprint density at radius 2 is 2.00 bits per heavy atom. The van der Waals surface area contributed by atoms with Crippen LogP contribution in [0.25, 0.3) is 6.08 Å². The number of hydrogen-bond acceptors (Lipinski definition) is 5. The van der Waals surface area contributed by atoms with Crippen molar-refractivity contribution in [2.24, 2.45) is 0 Å². The SMILES string of the molecule is O=C(/C=C/c1ccc([N+](=O)[O-])cc1)N1CC(Oc2ccccn2)C1. The van der Waals surface area contributed by atoms with Gasteiger partial charge in [-0.25, -0.2) is 4.98 Å². The van der Waals surface area contributed by atoms with Crippen molar-refractivity contribution in [3.8, 4) is 5.88 Å². The molecule has 1 saturated heterocycles. The second-order valence-electron chi connectivity index (χ2n) is 5.33. The maximum atomic E-state index is 12.0. The Morgan fingerprint density at radius 1 is 1.25 bits per heavy atom. The minimum atomic E-state index is -0.458. The topological polar surface area (TPSA) is 85.6 Å². The van der Waals surface area contributed by atoms with Crippen LogP contribution < -0.4 is 4.74 Å². The molecule has 1 aliphatic rings. The number of benzene rings is 1. The molecule has 24 heavy (non-hydrogen) atoms. The van der Waals surface area contributed by atoms with Crippen molar-refractivity contribution in [1.82, 2.24) is 9.88 Å². The van der Waals surface area contributed by atoms with Gasteiger partial charge in [-0.15, -0.1) is 0 Å². The molecule has 0 N–H and O–H groups in total. The molecule has 1 aromatic heterocycles. The van der Waals surface area contributed by atoms with Crippen LogP contribution in [-0.4, -0.2) is 39.9 Å². The zero-order valence-electron chi connectivity index (χ0n) is 12.7. The molecule has 0 bridgehead atoms. The zero-order valence-corrected chi connectivity index (χ0v) is 12.7. The van der Waals surface area contributed by atoms with Crippen LogP contribution >= 0.6 is 0 Å². The summed E-state index contributed by atoms with van der Waals surface area (Å²) in [6.07, 6.45) is 4.71. The van der Waals surface area contributed by atoms with Gasteiger partial charge in [0.25, 0.3) is 5.69 Å². The van der Waals surface area contributed by atoms with Gasteiger partial charge in [-0.1, -0.05) is 6.07 Å². The Hall–Kier alpha value is -3.22. The number of nitro benzene ring substituents is 1. The van der Waals surface area contributed by atoms with Crippen molar-refractivity contribution in [1.29, 1.82) is 0 Å². The van der Waals surface area contributed by atoms with Crippen molar-refractivity contribution in [3.05, 3.63) is 70.4 Å². The number of pyridine rings is 1. The molecule has 2 heterocycles. The highest BCUT2D eigenvalue weighted by molar-refractivity contribution is 5.92. The average molecular weight is 325 g/mol. The first kappa shape index (κ1) is 15.7. The normalized spacial score (nSPS) is 14.4. The molecule has 1 aliphatic heterocycles. The van der Waals surface area contributed by atoms with E-state index < -0.39 is 4.92 Å². The number of aromatic nitrogens is 1. The second-order valence-corrected chi connectivity index (χ2v) is 5.33. The highest BCUT2D eigenvalue weighted by atomic mass is 16.6. The summed E-state index contributed by atoms with van der Waals surface area (Å²) in [5.74, 6) is 0.435. The van der Waals surface area contributed by atoms with Crippen LogP contribution in [0.2, 0.25) is 0 Å². The largest absolute Gasteiger partial charge is 0.471 e. The summed E-state index contributed by atoms with van der Waals surface area (Å²) in [5, 5.41) is 10.6. The fraction of sp³-hybridized carbons (Fsp3) is 0.176. The average Bonchev–Trinajstić information content (AvgIpc) is 2.57. The maximum Gasteiger partial charge on any atom is 0.269 e. The molecule has 3 rings (SSSR count). The summed E-state index contributed by atoms with van der Waals surface area (Å²) in [5.41, 5.74) is 0.756.